The normalized spacial score (nSPS) is 9.87. The van der Waals surface area contributed by atoms with E-state index in [1.54, 1.807) is 43.6 Å². The summed E-state index contributed by atoms with van der Waals surface area (Å²) < 4.78 is 18.7. The number of carbonyl (C=O) groups excluding carboxylic acids is 1. The first-order valence-corrected chi connectivity index (χ1v) is 6.89. The van der Waals surface area contributed by atoms with Gasteiger partial charge in [0.15, 0.2) is 11.6 Å². The van der Waals surface area contributed by atoms with Gasteiger partial charge in [-0.2, -0.15) is 0 Å². The zero-order valence-corrected chi connectivity index (χ0v) is 13.6. The van der Waals surface area contributed by atoms with Gasteiger partial charge >= 0.3 is 0 Å². The molecule has 0 aliphatic carbocycles. The third-order valence-electron chi connectivity index (χ3n) is 3.14. The molecule has 0 radical (unpaired) electrons. The van der Waals surface area contributed by atoms with Gasteiger partial charge in [-0.25, -0.2) is 4.39 Å². The lowest BCUT2D eigenvalue weighted by atomic mass is 10.2. The number of nitrogens with two attached hydrogens (primary N) is 1. The van der Waals surface area contributed by atoms with Crippen molar-refractivity contribution in [1.82, 2.24) is 9.88 Å². The molecular weight excluding hydrogens is 321 g/mol. The Morgan fingerprint density at radius 1 is 1.35 bits per heavy atom. The largest absolute Gasteiger partial charge is 0.489 e. The Bertz CT molecular complexity index is 655. The Kier molecular flexibility index (Phi) is 7.44. The minimum Gasteiger partial charge on any atom is -0.489 e. The molecule has 124 valence electrons. The minimum absolute atomic E-state index is 0. The maximum Gasteiger partial charge on any atom is 0.253 e. The smallest absolute Gasteiger partial charge is 0.253 e. The first kappa shape index (κ1) is 18.9. The predicted octanol–water partition coefficient (Wildman–Crippen LogP) is 2.25. The van der Waals surface area contributed by atoms with Gasteiger partial charge in [0.25, 0.3) is 5.91 Å². The summed E-state index contributed by atoms with van der Waals surface area (Å²) in [5, 5.41) is 0. The van der Waals surface area contributed by atoms with E-state index in [0.717, 1.165) is 0 Å². The van der Waals surface area contributed by atoms with Crippen molar-refractivity contribution in [2.75, 3.05) is 20.2 Å². The van der Waals surface area contributed by atoms with Crippen molar-refractivity contribution in [2.24, 2.45) is 5.73 Å². The molecule has 0 saturated carbocycles. The SMILES string of the molecule is CN(CCOc1ccccc1F)C(=O)c1ccnc(CN)c1.Cl. The van der Waals surface area contributed by atoms with E-state index in [4.69, 9.17) is 10.5 Å². The summed E-state index contributed by atoms with van der Waals surface area (Å²) in [6, 6.07) is 9.46. The highest BCUT2D eigenvalue weighted by Gasteiger charge is 2.12. The van der Waals surface area contributed by atoms with Crippen LogP contribution in [0.2, 0.25) is 0 Å². The molecular formula is C16H19ClFN3O2. The van der Waals surface area contributed by atoms with E-state index in [9.17, 15) is 9.18 Å². The summed E-state index contributed by atoms with van der Waals surface area (Å²) in [6.07, 6.45) is 1.55. The van der Waals surface area contributed by atoms with E-state index < -0.39 is 5.82 Å². The number of likely N-dealkylation sites (N-methyl/N-ethyl adjacent to an activating group) is 1. The van der Waals surface area contributed by atoms with E-state index in [0.29, 0.717) is 17.8 Å². The molecule has 2 rings (SSSR count). The number of carbonyl (C=O) groups is 1. The molecule has 0 aliphatic rings. The second-order valence-corrected chi connectivity index (χ2v) is 4.75. The molecule has 0 fully saturated rings. The molecule has 5 nitrogen and oxygen atoms in total. The number of halogens is 2. The van der Waals surface area contributed by atoms with Gasteiger partial charge in [-0.05, 0) is 24.3 Å². The standard InChI is InChI=1S/C16H18FN3O2.ClH/c1-20(8-9-22-15-5-3-2-4-14(15)17)16(21)12-6-7-19-13(10-12)11-18;/h2-7,10H,8-9,11,18H2,1H3;1H. The van der Waals surface area contributed by atoms with Gasteiger partial charge in [0, 0.05) is 25.4 Å². The van der Waals surface area contributed by atoms with Crippen LogP contribution >= 0.6 is 12.4 Å². The molecule has 0 bridgehead atoms. The van der Waals surface area contributed by atoms with Crippen LogP contribution in [0.25, 0.3) is 0 Å². The molecule has 7 heteroatoms. The van der Waals surface area contributed by atoms with Crippen LogP contribution in [0, 0.1) is 5.82 Å². The van der Waals surface area contributed by atoms with Gasteiger partial charge in [-0.3, -0.25) is 9.78 Å². The van der Waals surface area contributed by atoms with Crippen molar-refractivity contribution >= 4 is 18.3 Å². The van der Waals surface area contributed by atoms with E-state index in [2.05, 4.69) is 4.98 Å². The summed E-state index contributed by atoms with van der Waals surface area (Å²) in [5.41, 5.74) is 6.68. The van der Waals surface area contributed by atoms with E-state index in [1.807, 2.05) is 0 Å². The highest BCUT2D eigenvalue weighted by molar-refractivity contribution is 5.94. The quantitative estimate of drug-likeness (QED) is 0.876. The van der Waals surface area contributed by atoms with E-state index in [-0.39, 0.29) is 37.2 Å². The number of pyridine rings is 1. The molecule has 1 amide bonds. The summed E-state index contributed by atoms with van der Waals surface area (Å²) in [5.74, 6) is -0.398. The average molecular weight is 340 g/mol. The van der Waals surface area contributed by atoms with Crippen LogP contribution < -0.4 is 10.5 Å². The fourth-order valence-electron chi connectivity index (χ4n) is 1.90. The van der Waals surface area contributed by atoms with E-state index in [1.165, 1.54) is 11.0 Å². The number of benzene rings is 1. The van der Waals surface area contributed by atoms with Crippen LogP contribution in [0.3, 0.4) is 0 Å². The molecule has 0 spiro atoms. The van der Waals surface area contributed by atoms with E-state index >= 15 is 0 Å². The summed E-state index contributed by atoms with van der Waals surface area (Å²) >= 11 is 0. The Balaban J connectivity index is 0.00000264. The topological polar surface area (TPSA) is 68.5 Å². The molecule has 2 aromatic rings. The zero-order valence-electron chi connectivity index (χ0n) is 12.7. The number of para-hydroxylation sites is 1. The van der Waals surface area contributed by atoms with Crippen LogP contribution in [0.1, 0.15) is 16.1 Å². The molecule has 23 heavy (non-hydrogen) atoms. The average Bonchev–Trinajstić information content (AvgIpc) is 2.55. The third kappa shape index (κ3) is 5.19. The second-order valence-electron chi connectivity index (χ2n) is 4.75. The van der Waals surface area contributed by atoms with Gasteiger partial charge in [-0.1, -0.05) is 12.1 Å². The molecule has 1 aromatic heterocycles. The number of ether oxygens (including phenoxy) is 1. The Morgan fingerprint density at radius 3 is 2.78 bits per heavy atom. The van der Waals surface area contributed by atoms with Crippen LogP contribution in [-0.4, -0.2) is 36.0 Å². The fourth-order valence-corrected chi connectivity index (χ4v) is 1.90. The number of hydrogen-bond acceptors (Lipinski definition) is 4. The van der Waals surface area contributed by atoms with Crippen LogP contribution in [-0.2, 0) is 6.54 Å². The van der Waals surface area contributed by atoms with Crippen molar-refractivity contribution in [1.29, 1.82) is 0 Å². The molecule has 0 atom stereocenters. The predicted molar refractivity (Wildman–Crippen MR) is 88.2 cm³/mol. The first-order valence-electron chi connectivity index (χ1n) is 6.89. The fraction of sp³-hybridized carbons (Fsp3) is 0.250. The number of amides is 1. The maximum atomic E-state index is 13.4. The maximum absolute atomic E-state index is 13.4. The van der Waals surface area contributed by atoms with Crippen molar-refractivity contribution in [2.45, 2.75) is 6.54 Å². The lowest BCUT2D eigenvalue weighted by molar-refractivity contribution is 0.0772. The van der Waals surface area contributed by atoms with Crippen molar-refractivity contribution in [3.05, 3.63) is 59.7 Å². The molecule has 1 aromatic carbocycles. The third-order valence-corrected chi connectivity index (χ3v) is 3.14. The molecule has 0 unspecified atom stereocenters. The van der Waals surface area contributed by atoms with Crippen molar-refractivity contribution < 1.29 is 13.9 Å². The van der Waals surface area contributed by atoms with Gasteiger partial charge in [-0.15, -0.1) is 12.4 Å². The molecule has 2 N–H and O–H groups in total. The van der Waals surface area contributed by atoms with Crippen LogP contribution in [0.5, 0.6) is 5.75 Å². The van der Waals surface area contributed by atoms with Crippen molar-refractivity contribution in [3.63, 3.8) is 0 Å². The highest BCUT2D eigenvalue weighted by Crippen LogP contribution is 2.15. The van der Waals surface area contributed by atoms with Gasteiger partial charge in [0.05, 0.1) is 12.2 Å². The van der Waals surface area contributed by atoms with Gasteiger partial charge in [0.1, 0.15) is 6.61 Å². The Hall–Kier alpha value is -2.18. The summed E-state index contributed by atoms with van der Waals surface area (Å²) in [7, 11) is 1.66. The highest BCUT2D eigenvalue weighted by atomic mass is 35.5. The number of aromatic nitrogens is 1. The molecule has 0 aliphatic heterocycles. The molecule has 0 saturated heterocycles. The van der Waals surface area contributed by atoms with Crippen LogP contribution in [0.4, 0.5) is 4.39 Å². The van der Waals surface area contributed by atoms with Gasteiger partial charge in [0.2, 0.25) is 0 Å². The second kappa shape index (κ2) is 9.07. The van der Waals surface area contributed by atoms with Gasteiger partial charge < -0.3 is 15.4 Å². The molecule has 1 heterocycles. The van der Waals surface area contributed by atoms with Crippen LogP contribution in [0.15, 0.2) is 42.6 Å². The lowest BCUT2D eigenvalue weighted by Gasteiger charge is -2.18. The number of nitrogens with zero attached hydrogens (tertiary/aromatic N) is 2. The Labute approximate surface area is 140 Å². The minimum atomic E-state index is -0.418. The number of rotatable bonds is 6. The van der Waals surface area contributed by atoms with Crippen molar-refractivity contribution in [3.8, 4) is 5.75 Å². The zero-order chi connectivity index (χ0) is 15.9. The lowest BCUT2D eigenvalue weighted by Crippen LogP contribution is -2.31. The Morgan fingerprint density at radius 2 is 2.09 bits per heavy atom. The monoisotopic (exact) mass is 339 g/mol. The first-order chi connectivity index (χ1) is 10.6. The summed E-state index contributed by atoms with van der Waals surface area (Å²) in [6.45, 7) is 0.826. The summed E-state index contributed by atoms with van der Waals surface area (Å²) in [4.78, 5) is 17.8. The number of hydrogen-bond donors (Lipinski definition) is 1.